The number of benzene rings is 1. The third-order valence-electron chi connectivity index (χ3n) is 2.96. The summed E-state index contributed by atoms with van der Waals surface area (Å²) in [6, 6.07) is 14.4. The van der Waals surface area contributed by atoms with E-state index in [1.807, 2.05) is 24.3 Å². The molecule has 16 heavy (non-hydrogen) atoms. The van der Waals surface area contributed by atoms with E-state index in [4.69, 9.17) is 0 Å². The van der Waals surface area contributed by atoms with Gasteiger partial charge in [-0.3, -0.25) is 0 Å². The largest absolute Gasteiger partial charge is 0.382 e. The first kappa shape index (κ1) is 10.0. The Hall–Kier alpha value is -1.16. The van der Waals surface area contributed by atoms with Crippen LogP contribution in [0.4, 0.5) is 0 Å². The molecule has 1 fully saturated rings. The van der Waals surface area contributed by atoms with Crippen molar-refractivity contribution in [3.8, 4) is 10.4 Å². The van der Waals surface area contributed by atoms with Crippen LogP contribution < -0.4 is 5.32 Å². The first-order valence-corrected chi connectivity index (χ1v) is 6.18. The summed E-state index contributed by atoms with van der Waals surface area (Å²) < 4.78 is 0. The van der Waals surface area contributed by atoms with Crippen LogP contribution in [0.5, 0.6) is 0 Å². The van der Waals surface area contributed by atoms with Crippen molar-refractivity contribution in [2.45, 2.75) is 5.60 Å². The van der Waals surface area contributed by atoms with Gasteiger partial charge in [0.1, 0.15) is 5.60 Å². The minimum Gasteiger partial charge on any atom is -0.382 e. The van der Waals surface area contributed by atoms with Gasteiger partial charge in [-0.25, -0.2) is 0 Å². The maximum Gasteiger partial charge on any atom is 0.123 e. The quantitative estimate of drug-likeness (QED) is 0.830. The van der Waals surface area contributed by atoms with Gasteiger partial charge < -0.3 is 10.4 Å². The van der Waals surface area contributed by atoms with Crippen LogP contribution in [0.15, 0.2) is 42.5 Å². The monoisotopic (exact) mass is 231 g/mol. The molecule has 1 aliphatic rings. The van der Waals surface area contributed by atoms with Gasteiger partial charge in [0.05, 0.1) is 0 Å². The first-order valence-electron chi connectivity index (χ1n) is 5.37. The zero-order valence-corrected chi connectivity index (χ0v) is 9.63. The molecular weight excluding hydrogens is 218 g/mol. The van der Waals surface area contributed by atoms with Crippen molar-refractivity contribution >= 4 is 11.3 Å². The number of aliphatic hydroxyl groups is 1. The average molecular weight is 231 g/mol. The molecule has 82 valence electrons. The van der Waals surface area contributed by atoms with Crippen molar-refractivity contribution in [3.63, 3.8) is 0 Å². The van der Waals surface area contributed by atoms with Crippen molar-refractivity contribution < 1.29 is 5.11 Å². The van der Waals surface area contributed by atoms with Crippen molar-refractivity contribution in [3.05, 3.63) is 47.3 Å². The lowest BCUT2D eigenvalue weighted by atomic mass is 9.95. The van der Waals surface area contributed by atoms with Gasteiger partial charge in [0.25, 0.3) is 0 Å². The normalized spacial score (nSPS) is 18.1. The molecule has 0 spiro atoms. The molecule has 1 aliphatic heterocycles. The number of nitrogens with one attached hydrogen (secondary N) is 1. The third kappa shape index (κ3) is 1.57. The Kier molecular flexibility index (Phi) is 2.32. The Morgan fingerprint density at radius 3 is 2.44 bits per heavy atom. The van der Waals surface area contributed by atoms with Gasteiger partial charge in [-0.2, -0.15) is 0 Å². The molecule has 0 saturated carbocycles. The predicted molar refractivity (Wildman–Crippen MR) is 66.5 cm³/mol. The third-order valence-corrected chi connectivity index (χ3v) is 4.29. The van der Waals surface area contributed by atoms with E-state index in [9.17, 15) is 5.11 Å². The van der Waals surface area contributed by atoms with Gasteiger partial charge in [-0.1, -0.05) is 30.3 Å². The summed E-state index contributed by atoms with van der Waals surface area (Å²) in [5.41, 5.74) is 0.590. The Bertz CT molecular complexity index is 488. The second-order valence-corrected chi connectivity index (χ2v) is 5.25. The molecule has 0 bridgehead atoms. The Balaban J connectivity index is 1.94. The Labute approximate surface area is 98.6 Å². The molecule has 0 aliphatic carbocycles. The molecule has 2 nitrogen and oxygen atoms in total. The van der Waals surface area contributed by atoms with Gasteiger partial charge in [0.2, 0.25) is 0 Å². The SMILES string of the molecule is OC1(c2ccc(-c3ccccc3)s2)CNC1. The van der Waals surface area contributed by atoms with Crippen LogP contribution in [-0.4, -0.2) is 18.2 Å². The van der Waals surface area contributed by atoms with Crippen LogP contribution in [0.3, 0.4) is 0 Å². The zero-order chi connectivity index (χ0) is 11.0. The molecule has 0 radical (unpaired) electrons. The van der Waals surface area contributed by atoms with Crippen LogP contribution in [0.25, 0.3) is 10.4 Å². The topological polar surface area (TPSA) is 32.3 Å². The lowest BCUT2D eigenvalue weighted by molar-refractivity contribution is -0.0112. The van der Waals surface area contributed by atoms with E-state index >= 15 is 0 Å². The van der Waals surface area contributed by atoms with E-state index in [0.717, 1.165) is 4.88 Å². The van der Waals surface area contributed by atoms with Gasteiger partial charge in [0, 0.05) is 22.8 Å². The second kappa shape index (κ2) is 3.70. The zero-order valence-electron chi connectivity index (χ0n) is 8.81. The smallest absolute Gasteiger partial charge is 0.123 e. The van der Waals surface area contributed by atoms with Crippen LogP contribution >= 0.6 is 11.3 Å². The standard InChI is InChI=1S/C13H13NOS/c15-13(8-14-9-13)12-7-6-11(16-12)10-4-2-1-3-5-10/h1-7,14-15H,8-9H2. The fourth-order valence-electron chi connectivity index (χ4n) is 1.88. The molecule has 2 heterocycles. The van der Waals surface area contributed by atoms with Gasteiger partial charge >= 0.3 is 0 Å². The van der Waals surface area contributed by atoms with E-state index in [0.29, 0.717) is 13.1 Å². The molecule has 3 rings (SSSR count). The molecular formula is C13H13NOS. The van der Waals surface area contributed by atoms with Crippen molar-refractivity contribution in [2.24, 2.45) is 0 Å². The highest BCUT2D eigenvalue weighted by molar-refractivity contribution is 7.15. The van der Waals surface area contributed by atoms with E-state index in [1.165, 1.54) is 10.4 Å². The highest BCUT2D eigenvalue weighted by atomic mass is 32.1. The molecule has 0 unspecified atom stereocenters. The minimum atomic E-state index is -0.627. The first-order chi connectivity index (χ1) is 7.78. The average Bonchev–Trinajstić information content (AvgIpc) is 2.77. The van der Waals surface area contributed by atoms with E-state index in [-0.39, 0.29) is 0 Å². The fraction of sp³-hybridized carbons (Fsp3) is 0.231. The molecule has 1 aromatic heterocycles. The number of rotatable bonds is 2. The summed E-state index contributed by atoms with van der Waals surface area (Å²) in [6.45, 7) is 1.34. The summed E-state index contributed by atoms with van der Waals surface area (Å²) in [5, 5.41) is 13.3. The molecule has 2 aromatic rings. The lowest BCUT2D eigenvalue weighted by Crippen LogP contribution is -2.56. The van der Waals surface area contributed by atoms with Crippen molar-refractivity contribution in [1.82, 2.24) is 5.32 Å². The molecule has 2 N–H and O–H groups in total. The highest BCUT2D eigenvalue weighted by Gasteiger charge is 2.37. The lowest BCUT2D eigenvalue weighted by Gasteiger charge is -2.36. The van der Waals surface area contributed by atoms with E-state index < -0.39 is 5.60 Å². The number of thiophene rings is 1. The molecule has 0 atom stereocenters. The molecule has 1 aromatic carbocycles. The molecule has 1 saturated heterocycles. The van der Waals surface area contributed by atoms with E-state index in [1.54, 1.807) is 11.3 Å². The molecule has 3 heteroatoms. The summed E-state index contributed by atoms with van der Waals surface area (Å²) in [7, 11) is 0. The predicted octanol–water partition coefficient (Wildman–Crippen LogP) is 2.21. The summed E-state index contributed by atoms with van der Waals surface area (Å²) >= 11 is 1.68. The Morgan fingerprint density at radius 1 is 1.06 bits per heavy atom. The molecule has 0 amide bonds. The minimum absolute atomic E-state index is 0.627. The van der Waals surface area contributed by atoms with Crippen molar-refractivity contribution in [1.29, 1.82) is 0 Å². The number of hydrogen-bond donors (Lipinski definition) is 2. The second-order valence-electron chi connectivity index (χ2n) is 4.17. The maximum absolute atomic E-state index is 10.2. The number of hydrogen-bond acceptors (Lipinski definition) is 3. The van der Waals surface area contributed by atoms with Gasteiger partial charge in [-0.15, -0.1) is 11.3 Å². The van der Waals surface area contributed by atoms with Crippen LogP contribution in [0.2, 0.25) is 0 Å². The van der Waals surface area contributed by atoms with E-state index in [2.05, 4.69) is 23.5 Å². The van der Waals surface area contributed by atoms with Gasteiger partial charge in [-0.05, 0) is 17.7 Å². The Morgan fingerprint density at radius 2 is 1.81 bits per heavy atom. The van der Waals surface area contributed by atoms with Gasteiger partial charge in [0.15, 0.2) is 0 Å². The highest BCUT2D eigenvalue weighted by Crippen LogP contribution is 2.35. The van der Waals surface area contributed by atoms with Crippen molar-refractivity contribution in [2.75, 3.05) is 13.1 Å². The van der Waals surface area contributed by atoms with Crippen LogP contribution in [-0.2, 0) is 5.60 Å². The maximum atomic E-state index is 10.2. The summed E-state index contributed by atoms with van der Waals surface area (Å²) in [4.78, 5) is 2.28. The summed E-state index contributed by atoms with van der Waals surface area (Å²) in [5.74, 6) is 0. The fourth-order valence-corrected chi connectivity index (χ4v) is 2.98. The summed E-state index contributed by atoms with van der Waals surface area (Å²) in [6.07, 6.45) is 0. The van der Waals surface area contributed by atoms with Crippen LogP contribution in [0.1, 0.15) is 4.88 Å². The number of β-amino-alcohol motifs (C(OH)–C–C–N with tert-alkyl or cyclic N) is 1. The van der Waals surface area contributed by atoms with Crippen LogP contribution in [0, 0.1) is 0 Å².